The molecule has 20 heavy (non-hydrogen) atoms. The second-order valence-corrected chi connectivity index (χ2v) is 8.13. The van der Waals surface area contributed by atoms with Crippen molar-refractivity contribution in [3.63, 3.8) is 0 Å². The van der Waals surface area contributed by atoms with Gasteiger partial charge < -0.3 is 5.11 Å². The normalized spacial score (nSPS) is 16.9. The van der Waals surface area contributed by atoms with Crippen molar-refractivity contribution < 1.29 is 18.3 Å². The number of carboxylic acid groups (broad SMARTS) is 1. The Balaban J connectivity index is 2.29. The average Bonchev–Trinajstić information content (AvgIpc) is 2.99. The summed E-state index contributed by atoms with van der Waals surface area (Å²) in [7, 11) is -3.72. The van der Waals surface area contributed by atoms with Crippen LogP contribution in [0.1, 0.15) is 32.1 Å². The molecule has 2 rings (SSSR count). The Morgan fingerprint density at radius 2 is 2.10 bits per heavy atom. The Morgan fingerprint density at radius 3 is 2.60 bits per heavy atom. The highest BCUT2D eigenvalue weighted by molar-refractivity contribution is 7.89. The zero-order valence-electron chi connectivity index (χ0n) is 10.8. The highest BCUT2D eigenvalue weighted by Gasteiger charge is 2.34. The predicted octanol–water partition coefficient (Wildman–Crippen LogP) is 2.81. The van der Waals surface area contributed by atoms with Crippen molar-refractivity contribution in [1.82, 2.24) is 4.31 Å². The molecule has 1 aliphatic carbocycles. The molecule has 1 fully saturated rings. The number of carboxylic acids is 1. The highest BCUT2D eigenvalue weighted by Crippen LogP contribution is 2.34. The predicted molar refractivity (Wildman–Crippen MR) is 77.7 cm³/mol. The maximum Gasteiger partial charge on any atom is 0.304 e. The van der Waals surface area contributed by atoms with Gasteiger partial charge in [0.1, 0.15) is 9.23 Å². The van der Waals surface area contributed by atoms with Crippen LogP contribution in [0, 0.1) is 0 Å². The van der Waals surface area contributed by atoms with Crippen LogP contribution in [0.5, 0.6) is 0 Å². The van der Waals surface area contributed by atoms with E-state index >= 15 is 0 Å². The minimum absolute atomic E-state index is 0.00545. The van der Waals surface area contributed by atoms with Gasteiger partial charge in [0.15, 0.2) is 0 Å². The SMILES string of the molecule is O=C(O)CCN(C1CCCC1)S(=O)(=O)c1ccsc1Cl. The van der Waals surface area contributed by atoms with Gasteiger partial charge in [-0.2, -0.15) is 4.31 Å². The fraction of sp³-hybridized carbons (Fsp3) is 0.583. The van der Waals surface area contributed by atoms with E-state index in [0.29, 0.717) is 0 Å². The fourth-order valence-electron chi connectivity index (χ4n) is 2.49. The Bertz CT molecular complexity index is 578. The van der Waals surface area contributed by atoms with Crippen molar-refractivity contribution in [2.75, 3.05) is 6.54 Å². The number of rotatable bonds is 6. The second kappa shape index (κ2) is 6.43. The van der Waals surface area contributed by atoms with Gasteiger partial charge in [-0.25, -0.2) is 8.42 Å². The monoisotopic (exact) mass is 337 g/mol. The van der Waals surface area contributed by atoms with Crippen LogP contribution < -0.4 is 0 Å². The topological polar surface area (TPSA) is 74.7 Å². The quantitative estimate of drug-likeness (QED) is 0.866. The Morgan fingerprint density at radius 1 is 1.45 bits per heavy atom. The first kappa shape index (κ1) is 15.8. The number of carbonyl (C=O) groups is 1. The summed E-state index contributed by atoms with van der Waals surface area (Å²) in [6.07, 6.45) is 3.31. The summed E-state index contributed by atoms with van der Waals surface area (Å²) in [6.45, 7) is -0.00545. The van der Waals surface area contributed by atoms with Crippen LogP contribution in [0.3, 0.4) is 0 Å². The van der Waals surface area contributed by atoms with E-state index in [9.17, 15) is 13.2 Å². The summed E-state index contributed by atoms with van der Waals surface area (Å²) >= 11 is 7.09. The number of hydrogen-bond acceptors (Lipinski definition) is 4. The van der Waals surface area contributed by atoms with E-state index in [0.717, 1.165) is 37.0 Å². The molecule has 0 radical (unpaired) electrons. The van der Waals surface area contributed by atoms with Crippen LogP contribution in [-0.2, 0) is 14.8 Å². The summed E-state index contributed by atoms with van der Waals surface area (Å²) in [6, 6.07) is 1.36. The molecule has 0 aromatic carbocycles. The van der Waals surface area contributed by atoms with E-state index in [1.165, 1.54) is 10.4 Å². The van der Waals surface area contributed by atoms with E-state index in [4.69, 9.17) is 16.7 Å². The molecule has 1 N–H and O–H groups in total. The third-order valence-electron chi connectivity index (χ3n) is 3.45. The molecule has 8 heteroatoms. The van der Waals surface area contributed by atoms with Crippen LogP contribution >= 0.6 is 22.9 Å². The van der Waals surface area contributed by atoms with Crippen molar-refractivity contribution in [3.05, 3.63) is 15.8 Å². The van der Waals surface area contributed by atoms with Gasteiger partial charge in [0.2, 0.25) is 10.0 Å². The maximum absolute atomic E-state index is 12.7. The van der Waals surface area contributed by atoms with Crippen LogP contribution in [0.4, 0.5) is 0 Å². The van der Waals surface area contributed by atoms with Crippen molar-refractivity contribution >= 4 is 38.9 Å². The zero-order chi connectivity index (χ0) is 14.8. The molecule has 1 heterocycles. The molecule has 1 aromatic rings. The minimum Gasteiger partial charge on any atom is -0.481 e. The first-order chi connectivity index (χ1) is 9.43. The van der Waals surface area contributed by atoms with Crippen LogP contribution in [-0.4, -0.2) is 36.4 Å². The van der Waals surface area contributed by atoms with Gasteiger partial charge >= 0.3 is 5.97 Å². The van der Waals surface area contributed by atoms with Gasteiger partial charge in [-0.1, -0.05) is 24.4 Å². The van der Waals surface area contributed by atoms with Gasteiger partial charge in [-0.3, -0.25) is 4.79 Å². The molecule has 0 unspecified atom stereocenters. The summed E-state index contributed by atoms with van der Waals surface area (Å²) in [5.41, 5.74) is 0. The molecule has 5 nitrogen and oxygen atoms in total. The number of nitrogens with zero attached hydrogens (tertiary/aromatic N) is 1. The number of halogens is 1. The molecule has 112 valence electrons. The number of aliphatic carboxylic acids is 1. The molecule has 0 atom stereocenters. The van der Waals surface area contributed by atoms with Crippen molar-refractivity contribution in [1.29, 1.82) is 0 Å². The van der Waals surface area contributed by atoms with Crippen LogP contribution in [0.25, 0.3) is 0 Å². The Labute approximate surface area is 127 Å². The molecular formula is C12H16ClNO4S2. The molecule has 0 amide bonds. The number of sulfonamides is 1. The van der Waals surface area contributed by atoms with Crippen LogP contribution in [0.2, 0.25) is 4.34 Å². The maximum atomic E-state index is 12.7. The van der Waals surface area contributed by atoms with E-state index in [1.54, 1.807) is 5.38 Å². The Hall–Kier alpha value is -0.630. The van der Waals surface area contributed by atoms with E-state index < -0.39 is 16.0 Å². The summed E-state index contributed by atoms with van der Waals surface area (Å²) in [5, 5.41) is 10.4. The first-order valence-corrected chi connectivity index (χ1v) is 9.09. The lowest BCUT2D eigenvalue weighted by atomic mass is 10.2. The number of thiophene rings is 1. The van der Waals surface area contributed by atoms with Gasteiger partial charge in [0, 0.05) is 12.6 Å². The fourth-order valence-corrected chi connectivity index (χ4v) is 5.68. The van der Waals surface area contributed by atoms with Crippen molar-refractivity contribution in [2.24, 2.45) is 0 Å². The third-order valence-corrected chi connectivity index (χ3v) is 6.85. The molecular weight excluding hydrogens is 322 g/mol. The lowest BCUT2D eigenvalue weighted by molar-refractivity contribution is -0.137. The van der Waals surface area contributed by atoms with Gasteiger partial charge in [-0.05, 0) is 24.3 Å². The van der Waals surface area contributed by atoms with Gasteiger partial charge in [0.05, 0.1) is 6.42 Å². The van der Waals surface area contributed by atoms with E-state index in [-0.39, 0.29) is 28.2 Å². The molecule has 0 aliphatic heterocycles. The second-order valence-electron chi connectivity index (χ2n) is 4.76. The average molecular weight is 338 g/mol. The molecule has 1 aromatic heterocycles. The van der Waals surface area contributed by atoms with E-state index in [1.807, 2.05) is 0 Å². The summed E-state index contributed by atoms with van der Waals surface area (Å²) in [4.78, 5) is 10.8. The van der Waals surface area contributed by atoms with Crippen LogP contribution in [0.15, 0.2) is 16.3 Å². The minimum atomic E-state index is -3.72. The highest BCUT2D eigenvalue weighted by atomic mass is 35.5. The van der Waals surface area contributed by atoms with Crippen molar-refractivity contribution in [3.8, 4) is 0 Å². The smallest absolute Gasteiger partial charge is 0.304 e. The molecule has 1 aliphatic rings. The Kier molecular flexibility index (Phi) is 5.06. The first-order valence-electron chi connectivity index (χ1n) is 6.39. The zero-order valence-corrected chi connectivity index (χ0v) is 13.2. The third kappa shape index (κ3) is 3.33. The summed E-state index contributed by atoms with van der Waals surface area (Å²) in [5.74, 6) is -1.00. The molecule has 0 spiro atoms. The van der Waals surface area contributed by atoms with Crippen molar-refractivity contribution in [2.45, 2.75) is 43.0 Å². The van der Waals surface area contributed by atoms with E-state index in [2.05, 4.69) is 0 Å². The largest absolute Gasteiger partial charge is 0.481 e. The van der Waals surface area contributed by atoms with Gasteiger partial charge in [0.25, 0.3) is 0 Å². The molecule has 0 bridgehead atoms. The lowest BCUT2D eigenvalue weighted by Crippen LogP contribution is -2.40. The lowest BCUT2D eigenvalue weighted by Gasteiger charge is -2.27. The van der Waals surface area contributed by atoms with Gasteiger partial charge in [-0.15, -0.1) is 11.3 Å². The molecule has 0 saturated heterocycles. The summed E-state index contributed by atoms with van der Waals surface area (Å²) < 4.78 is 26.9. The molecule has 1 saturated carbocycles. The number of hydrogen-bond donors (Lipinski definition) is 1. The standard InChI is InChI=1S/C12H16ClNO4S2/c13-12-10(6-8-19-12)20(17,18)14(7-5-11(15)16)9-3-1-2-4-9/h6,8-9H,1-5,7H2,(H,15,16).